The Morgan fingerprint density at radius 2 is 1.94 bits per heavy atom. The maximum atomic E-state index is 6.12. The second-order valence-electron chi connectivity index (χ2n) is 4.73. The molecule has 0 radical (unpaired) electrons. The molecule has 1 aromatic carbocycles. The summed E-state index contributed by atoms with van der Waals surface area (Å²) < 4.78 is 2.03. The highest BCUT2D eigenvalue weighted by molar-refractivity contribution is 9.11. The zero-order valence-electron chi connectivity index (χ0n) is 11.3. The van der Waals surface area contributed by atoms with Crippen LogP contribution in [0.5, 0.6) is 0 Å². The van der Waals surface area contributed by atoms with Crippen LogP contribution >= 0.6 is 31.9 Å². The highest BCUT2D eigenvalue weighted by atomic mass is 79.9. The van der Waals surface area contributed by atoms with E-state index in [4.69, 9.17) is 5.73 Å². The van der Waals surface area contributed by atoms with Crippen LogP contribution in [0.3, 0.4) is 0 Å². The van der Waals surface area contributed by atoms with Crippen LogP contribution in [-0.2, 0) is 6.54 Å². The van der Waals surface area contributed by atoms with Crippen molar-refractivity contribution in [3.8, 4) is 0 Å². The van der Waals surface area contributed by atoms with E-state index < -0.39 is 0 Å². The Morgan fingerprint density at radius 1 is 1.28 bits per heavy atom. The van der Waals surface area contributed by atoms with Gasteiger partial charge in [-0.2, -0.15) is 0 Å². The van der Waals surface area contributed by atoms with Gasteiger partial charge in [-0.25, -0.2) is 0 Å². The van der Waals surface area contributed by atoms with Gasteiger partial charge in [0.1, 0.15) is 0 Å². The van der Waals surface area contributed by atoms with Crippen LogP contribution in [0.1, 0.15) is 38.7 Å². The molecule has 0 bridgehead atoms. The molecule has 4 heteroatoms. The summed E-state index contributed by atoms with van der Waals surface area (Å²) >= 11 is 7.02. The zero-order valence-corrected chi connectivity index (χ0v) is 14.5. The maximum Gasteiger partial charge on any atom is 0.0504 e. The fourth-order valence-electron chi connectivity index (χ4n) is 2.24. The molecule has 18 heavy (non-hydrogen) atoms. The molecule has 0 fully saturated rings. The molecule has 2 N–H and O–H groups in total. The molecule has 0 aliphatic heterocycles. The largest absolute Gasteiger partial charge is 0.398 e. The van der Waals surface area contributed by atoms with Gasteiger partial charge in [0.15, 0.2) is 0 Å². The molecule has 102 valence electrons. The Hall–Kier alpha value is -0.0600. The van der Waals surface area contributed by atoms with E-state index in [1.807, 2.05) is 6.07 Å². The fourth-order valence-corrected chi connectivity index (χ4v) is 3.55. The summed E-state index contributed by atoms with van der Waals surface area (Å²) in [4.78, 5) is 2.40. The van der Waals surface area contributed by atoms with E-state index in [-0.39, 0.29) is 0 Å². The van der Waals surface area contributed by atoms with E-state index in [0.29, 0.717) is 6.04 Å². The summed E-state index contributed by atoms with van der Waals surface area (Å²) in [7, 11) is 2.18. The van der Waals surface area contributed by atoms with E-state index in [0.717, 1.165) is 21.2 Å². The Morgan fingerprint density at radius 3 is 2.50 bits per heavy atom. The first-order valence-electron chi connectivity index (χ1n) is 6.43. The summed E-state index contributed by atoms with van der Waals surface area (Å²) in [6.07, 6.45) is 3.64. The van der Waals surface area contributed by atoms with Gasteiger partial charge in [-0.05, 0) is 53.5 Å². The molecule has 0 heterocycles. The zero-order chi connectivity index (χ0) is 13.7. The molecule has 0 aliphatic carbocycles. The molecule has 0 aromatic heterocycles. The number of hydrogen-bond acceptors (Lipinski definition) is 2. The van der Waals surface area contributed by atoms with Gasteiger partial charge in [0, 0.05) is 21.5 Å². The lowest BCUT2D eigenvalue weighted by Crippen LogP contribution is -2.30. The number of rotatable bonds is 6. The van der Waals surface area contributed by atoms with Crippen LogP contribution in [0.25, 0.3) is 0 Å². The first-order valence-corrected chi connectivity index (χ1v) is 8.01. The van der Waals surface area contributed by atoms with Crippen molar-refractivity contribution in [2.75, 3.05) is 12.8 Å². The second-order valence-corrected chi connectivity index (χ2v) is 6.50. The van der Waals surface area contributed by atoms with Crippen molar-refractivity contribution in [1.82, 2.24) is 4.90 Å². The van der Waals surface area contributed by atoms with Gasteiger partial charge in [0.2, 0.25) is 0 Å². The third-order valence-corrected chi connectivity index (χ3v) is 4.43. The van der Waals surface area contributed by atoms with Crippen molar-refractivity contribution in [2.45, 2.75) is 45.7 Å². The van der Waals surface area contributed by atoms with Crippen LogP contribution in [0.15, 0.2) is 21.1 Å². The molecule has 1 atom stereocenters. The molecule has 1 rings (SSSR count). The first kappa shape index (κ1) is 16.0. The molecule has 1 aromatic rings. The normalized spacial score (nSPS) is 13.0. The Labute approximate surface area is 127 Å². The van der Waals surface area contributed by atoms with Crippen molar-refractivity contribution in [1.29, 1.82) is 0 Å². The van der Waals surface area contributed by atoms with Crippen LogP contribution in [0.2, 0.25) is 0 Å². The average molecular weight is 378 g/mol. The van der Waals surface area contributed by atoms with Gasteiger partial charge >= 0.3 is 0 Å². The second kappa shape index (κ2) is 7.51. The summed E-state index contributed by atoms with van der Waals surface area (Å²) in [6, 6.07) is 4.73. The first-order chi connectivity index (χ1) is 8.49. The minimum absolute atomic E-state index is 0.632. The standard InChI is InChI=1S/C14H22Br2N2/c1-4-6-12(5-2)18(3)9-10-7-11(15)8-13(16)14(10)17/h7-8,12H,4-6,9,17H2,1-3H3. The number of anilines is 1. The Kier molecular flexibility index (Phi) is 6.67. The van der Waals surface area contributed by atoms with Crippen molar-refractivity contribution >= 4 is 37.5 Å². The molecule has 2 nitrogen and oxygen atoms in total. The van der Waals surface area contributed by atoms with Crippen molar-refractivity contribution < 1.29 is 0 Å². The predicted molar refractivity (Wildman–Crippen MR) is 86.7 cm³/mol. The molecule has 0 saturated heterocycles. The Balaban J connectivity index is 2.83. The minimum atomic E-state index is 0.632. The third kappa shape index (κ3) is 4.25. The highest BCUT2D eigenvalue weighted by Crippen LogP contribution is 2.29. The minimum Gasteiger partial charge on any atom is -0.398 e. The number of nitrogen functional groups attached to an aromatic ring is 1. The monoisotopic (exact) mass is 376 g/mol. The number of nitrogens with two attached hydrogens (primary N) is 1. The summed E-state index contributed by atoms with van der Waals surface area (Å²) in [5.74, 6) is 0. The molecule has 0 aliphatic rings. The number of hydrogen-bond donors (Lipinski definition) is 1. The lowest BCUT2D eigenvalue weighted by molar-refractivity contribution is 0.215. The van der Waals surface area contributed by atoms with Crippen LogP contribution in [0, 0.1) is 0 Å². The molecule has 1 unspecified atom stereocenters. The SMILES string of the molecule is CCCC(CC)N(C)Cc1cc(Br)cc(Br)c1N. The van der Waals surface area contributed by atoms with E-state index in [1.165, 1.54) is 24.8 Å². The number of nitrogens with zero attached hydrogens (tertiary/aromatic N) is 1. The summed E-state index contributed by atoms with van der Waals surface area (Å²) in [5, 5.41) is 0. The fraction of sp³-hybridized carbons (Fsp3) is 0.571. The van der Waals surface area contributed by atoms with Gasteiger partial charge in [-0.1, -0.05) is 36.2 Å². The van der Waals surface area contributed by atoms with Gasteiger partial charge in [0.05, 0.1) is 5.69 Å². The van der Waals surface area contributed by atoms with Gasteiger partial charge in [0.25, 0.3) is 0 Å². The lowest BCUT2D eigenvalue weighted by Gasteiger charge is -2.27. The molecule has 0 amide bonds. The summed E-state index contributed by atoms with van der Waals surface area (Å²) in [5.41, 5.74) is 8.14. The summed E-state index contributed by atoms with van der Waals surface area (Å²) in [6.45, 7) is 5.37. The number of benzene rings is 1. The van der Waals surface area contributed by atoms with Crippen molar-refractivity contribution in [3.63, 3.8) is 0 Å². The van der Waals surface area contributed by atoms with E-state index in [2.05, 4.69) is 63.7 Å². The predicted octanol–water partition coefficient (Wildman–Crippen LogP) is 4.80. The van der Waals surface area contributed by atoms with Crippen molar-refractivity contribution in [2.24, 2.45) is 0 Å². The van der Waals surface area contributed by atoms with Gasteiger partial charge in [-0.3, -0.25) is 4.90 Å². The van der Waals surface area contributed by atoms with Crippen LogP contribution < -0.4 is 5.73 Å². The molecule has 0 spiro atoms. The lowest BCUT2D eigenvalue weighted by atomic mass is 10.1. The van der Waals surface area contributed by atoms with Gasteiger partial charge < -0.3 is 5.73 Å². The topological polar surface area (TPSA) is 29.3 Å². The maximum absolute atomic E-state index is 6.12. The van der Waals surface area contributed by atoms with E-state index in [1.54, 1.807) is 0 Å². The van der Waals surface area contributed by atoms with E-state index >= 15 is 0 Å². The van der Waals surface area contributed by atoms with Crippen molar-refractivity contribution in [3.05, 3.63) is 26.6 Å². The third-order valence-electron chi connectivity index (χ3n) is 3.32. The quantitative estimate of drug-likeness (QED) is 0.721. The Bertz CT molecular complexity index is 394. The van der Waals surface area contributed by atoms with E-state index in [9.17, 15) is 0 Å². The van der Waals surface area contributed by atoms with Gasteiger partial charge in [-0.15, -0.1) is 0 Å². The molecular formula is C14H22Br2N2. The number of halogens is 2. The molecule has 0 saturated carbocycles. The van der Waals surface area contributed by atoms with Crippen LogP contribution in [0.4, 0.5) is 5.69 Å². The van der Waals surface area contributed by atoms with Crippen LogP contribution in [-0.4, -0.2) is 18.0 Å². The highest BCUT2D eigenvalue weighted by Gasteiger charge is 2.14. The average Bonchev–Trinajstić information content (AvgIpc) is 2.32. The molecular weight excluding hydrogens is 356 g/mol. The smallest absolute Gasteiger partial charge is 0.0504 e.